The summed E-state index contributed by atoms with van der Waals surface area (Å²) in [4.78, 5) is 12.2. The first kappa shape index (κ1) is 18.3. The predicted molar refractivity (Wildman–Crippen MR) is 103 cm³/mol. The molecule has 0 spiro atoms. The lowest BCUT2D eigenvalue weighted by molar-refractivity contribution is -0.113. The first-order chi connectivity index (χ1) is 12.6. The largest absolute Gasteiger partial charge is 0.461 e. The monoisotopic (exact) mass is 370 g/mol. The summed E-state index contributed by atoms with van der Waals surface area (Å²) in [6.45, 7) is 4.36. The number of carbonyl (C=O) groups is 1. The molecule has 0 bridgehead atoms. The molecule has 0 aliphatic carbocycles. The molecule has 1 N–H and O–H groups in total. The van der Waals surface area contributed by atoms with Crippen molar-refractivity contribution in [2.24, 2.45) is 7.05 Å². The first-order valence-corrected chi connectivity index (χ1v) is 9.53. The van der Waals surface area contributed by atoms with Gasteiger partial charge in [-0.3, -0.25) is 4.79 Å². The zero-order valence-corrected chi connectivity index (χ0v) is 15.9. The highest BCUT2D eigenvalue weighted by Crippen LogP contribution is 2.23. The lowest BCUT2D eigenvalue weighted by Gasteiger charge is -2.10. The van der Waals surface area contributed by atoms with E-state index in [0.717, 1.165) is 12.1 Å². The lowest BCUT2D eigenvalue weighted by atomic mass is 9.99. The molecular formula is C19H22N4O2S. The van der Waals surface area contributed by atoms with Crippen LogP contribution in [0.5, 0.6) is 0 Å². The van der Waals surface area contributed by atoms with E-state index in [1.54, 1.807) is 12.3 Å². The Bertz CT molecular complexity index is 856. The maximum absolute atomic E-state index is 12.2. The molecule has 6 nitrogen and oxygen atoms in total. The summed E-state index contributed by atoms with van der Waals surface area (Å²) < 4.78 is 7.16. The van der Waals surface area contributed by atoms with Crippen LogP contribution in [0.1, 0.15) is 31.7 Å². The van der Waals surface area contributed by atoms with Crippen molar-refractivity contribution >= 4 is 23.4 Å². The smallest absolute Gasteiger partial charge is 0.234 e. The van der Waals surface area contributed by atoms with E-state index < -0.39 is 0 Å². The van der Waals surface area contributed by atoms with Crippen LogP contribution in [0.4, 0.5) is 5.69 Å². The highest BCUT2D eigenvalue weighted by Gasteiger charge is 2.14. The van der Waals surface area contributed by atoms with Crippen molar-refractivity contribution in [2.75, 3.05) is 11.1 Å². The van der Waals surface area contributed by atoms with Crippen LogP contribution in [0.2, 0.25) is 0 Å². The van der Waals surface area contributed by atoms with Crippen LogP contribution in [0, 0.1) is 0 Å². The normalized spacial score (nSPS) is 12.1. The number of anilines is 1. The van der Waals surface area contributed by atoms with Crippen LogP contribution < -0.4 is 5.32 Å². The van der Waals surface area contributed by atoms with Crippen molar-refractivity contribution in [2.45, 2.75) is 31.3 Å². The van der Waals surface area contributed by atoms with Gasteiger partial charge in [0.25, 0.3) is 0 Å². The summed E-state index contributed by atoms with van der Waals surface area (Å²) in [5, 5.41) is 11.8. The molecule has 2 aromatic heterocycles. The molecule has 1 aromatic carbocycles. The van der Waals surface area contributed by atoms with Crippen LogP contribution in [0.15, 0.2) is 52.2 Å². The van der Waals surface area contributed by atoms with E-state index in [4.69, 9.17) is 4.42 Å². The molecule has 3 rings (SSSR count). The number of furan rings is 1. The minimum Gasteiger partial charge on any atom is -0.461 e. The second-order valence-electron chi connectivity index (χ2n) is 6.11. The van der Waals surface area contributed by atoms with E-state index in [1.807, 2.05) is 29.8 Å². The fourth-order valence-corrected chi connectivity index (χ4v) is 3.23. The highest BCUT2D eigenvalue weighted by atomic mass is 32.2. The Morgan fingerprint density at radius 3 is 2.69 bits per heavy atom. The van der Waals surface area contributed by atoms with Gasteiger partial charge in [-0.05, 0) is 42.2 Å². The number of aromatic nitrogens is 3. The summed E-state index contributed by atoms with van der Waals surface area (Å²) in [7, 11) is 1.85. The van der Waals surface area contributed by atoms with Gasteiger partial charge < -0.3 is 14.3 Å². The molecule has 0 saturated heterocycles. The van der Waals surface area contributed by atoms with Gasteiger partial charge in [-0.25, -0.2) is 0 Å². The maximum Gasteiger partial charge on any atom is 0.234 e. The van der Waals surface area contributed by atoms with Gasteiger partial charge in [-0.1, -0.05) is 37.7 Å². The topological polar surface area (TPSA) is 73.0 Å². The Morgan fingerprint density at radius 1 is 1.27 bits per heavy atom. The van der Waals surface area contributed by atoms with Crippen LogP contribution in [0.3, 0.4) is 0 Å². The van der Waals surface area contributed by atoms with Crippen molar-refractivity contribution < 1.29 is 9.21 Å². The second kappa shape index (κ2) is 8.23. The number of nitrogens with zero attached hydrogens (tertiary/aromatic N) is 3. The summed E-state index contributed by atoms with van der Waals surface area (Å²) in [5.41, 5.74) is 2.08. The molecule has 0 aliphatic heterocycles. The van der Waals surface area contributed by atoms with E-state index in [2.05, 4.69) is 41.5 Å². The number of amides is 1. The fourth-order valence-electron chi connectivity index (χ4n) is 2.52. The van der Waals surface area contributed by atoms with Gasteiger partial charge in [-0.15, -0.1) is 10.2 Å². The van der Waals surface area contributed by atoms with Crippen LogP contribution in [-0.4, -0.2) is 26.4 Å². The zero-order valence-electron chi connectivity index (χ0n) is 15.1. The van der Waals surface area contributed by atoms with Gasteiger partial charge in [0.2, 0.25) is 5.91 Å². The molecule has 3 aromatic rings. The number of thioether (sulfide) groups is 1. The van der Waals surface area contributed by atoms with Gasteiger partial charge in [0.1, 0.15) is 0 Å². The number of hydrogen-bond donors (Lipinski definition) is 1. The maximum atomic E-state index is 12.2. The Balaban J connectivity index is 1.56. The SMILES string of the molecule is CC[C@@H](C)c1ccc(NC(=O)CSc2nnc(-c3ccco3)n2C)cc1. The molecule has 26 heavy (non-hydrogen) atoms. The average molecular weight is 370 g/mol. The van der Waals surface area contributed by atoms with Gasteiger partial charge in [0.05, 0.1) is 12.0 Å². The number of rotatable bonds is 7. The molecular weight excluding hydrogens is 348 g/mol. The van der Waals surface area contributed by atoms with E-state index in [1.165, 1.54) is 17.3 Å². The third-order valence-corrected chi connectivity index (χ3v) is 5.30. The number of carbonyl (C=O) groups excluding carboxylic acids is 1. The second-order valence-corrected chi connectivity index (χ2v) is 7.05. The Hall–Kier alpha value is -2.54. The standard InChI is InChI=1S/C19H22N4O2S/c1-4-13(2)14-7-9-15(10-8-14)20-17(24)12-26-19-22-21-18(23(19)3)16-6-5-11-25-16/h5-11,13H,4,12H2,1-3H3,(H,20,24)/t13-/m1/s1. The molecule has 2 heterocycles. The van der Waals surface area contributed by atoms with Gasteiger partial charge in [0, 0.05) is 12.7 Å². The van der Waals surface area contributed by atoms with Crippen molar-refractivity contribution in [1.29, 1.82) is 0 Å². The van der Waals surface area contributed by atoms with E-state index >= 15 is 0 Å². The zero-order chi connectivity index (χ0) is 18.5. The van der Waals surface area contributed by atoms with Crippen LogP contribution >= 0.6 is 11.8 Å². The summed E-state index contributed by atoms with van der Waals surface area (Å²) in [6.07, 6.45) is 2.69. The Labute approximate surface area is 157 Å². The van der Waals surface area contributed by atoms with Crippen molar-refractivity contribution in [3.8, 4) is 11.6 Å². The number of nitrogens with one attached hydrogen (secondary N) is 1. The Kier molecular flexibility index (Phi) is 5.78. The average Bonchev–Trinajstić information content (AvgIpc) is 3.29. The highest BCUT2D eigenvalue weighted by molar-refractivity contribution is 7.99. The number of benzene rings is 1. The van der Waals surface area contributed by atoms with E-state index in [0.29, 0.717) is 22.7 Å². The quantitative estimate of drug-likeness (QED) is 0.627. The van der Waals surface area contributed by atoms with Crippen LogP contribution in [-0.2, 0) is 11.8 Å². The molecule has 0 aliphatic rings. The van der Waals surface area contributed by atoms with Crippen molar-refractivity contribution in [1.82, 2.24) is 14.8 Å². The fraction of sp³-hybridized carbons (Fsp3) is 0.316. The van der Waals surface area contributed by atoms with Gasteiger partial charge in [-0.2, -0.15) is 0 Å². The minimum absolute atomic E-state index is 0.0751. The van der Waals surface area contributed by atoms with Crippen LogP contribution in [0.25, 0.3) is 11.6 Å². The Morgan fingerprint density at radius 2 is 2.04 bits per heavy atom. The van der Waals surface area contributed by atoms with Crippen molar-refractivity contribution in [3.63, 3.8) is 0 Å². The summed E-state index contributed by atoms with van der Waals surface area (Å²) in [6, 6.07) is 11.7. The molecule has 1 amide bonds. The summed E-state index contributed by atoms with van der Waals surface area (Å²) >= 11 is 1.34. The van der Waals surface area contributed by atoms with Gasteiger partial charge in [0.15, 0.2) is 16.7 Å². The molecule has 136 valence electrons. The number of hydrogen-bond acceptors (Lipinski definition) is 5. The van der Waals surface area contributed by atoms with E-state index in [-0.39, 0.29) is 11.7 Å². The molecule has 7 heteroatoms. The molecule has 1 atom stereocenters. The summed E-state index contributed by atoms with van der Waals surface area (Å²) in [5.74, 6) is 2.00. The molecule has 0 radical (unpaired) electrons. The first-order valence-electron chi connectivity index (χ1n) is 8.54. The third kappa shape index (κ3) is 4.16. The van der Waals surface area contributed by atoms with Gasteiger partial charge >= 0.3 is 0 Å². The van der Waals surface area contributed by atoms with Crippen molar-refractivity contribution in [3.05, 3.63) is 48.2 Å². The molecule has 0 unspecified atom stereocenters. The minimum atomic E-state index is -0.0751. The third-order valence-electron chi connectivity index (χ3n) is 4.28. The molecule has 0 fully saturated rings. The van der Waals surface area contributed by atoms with E-state index in [9.17, 15) is 4.79 Å². The predicted octanol–water partition coefficient (Wildman–Crippen LogP) is 4.32. The lowest BCUT2D eigenvalue weighted by Crippen LogP contribution is -2.14. The molecule has 0 saturated carbocycles.